The van der Waals surface area contributed by atoms with Crippen LogP contribution in [0.5, 0.6) is 0 Å². The van der Waals surface area contributed by atoms with E-state index in [2.05, 4.69) is 41.3 Å². The lowest BCUT2D eigenvalue weighted by Crippen LogP contribution is -2.50. The van der Waals surface area contributed by atoms with E-state index in [1.54, 1.807) is 4.90 Å². The Bertz CT molecular complexity index is 416. The van der Waals surface area contributed by atoms with Gasteiger partial charge in [-0.25, -0.2) is 4.79 Å². The number of ether oxygens (including phenoxy) is 1. The average molecular weight is 469 g/mol. The van der Waals surface area contributed by atoms with Gasteiger partial charge in [-0.3, -0.25) is 9.89 Å². The molecule has 0 aromatic heterocycles. The number of piperazine rings is 1. The van der Waals surface area contributed by atoms with Gasteiger partial charge < -0.3 is 20.3 Å². The number of hydrogen-bond donors (Lipinski definition) is 2. The van der Waals surface area contributed by atoms with Crippen LogP contribution in [0.15, 0.2) is 4.99 Å². The minimum atomic E-state index is -0.435. The van der Waals surface area contributed by atoms with Gasteiger partial charge in [0.05, 0.1) is 6.54 Å². The topological polar surface area (TPSA) is 69.2 Å². The standard InChI is InChI=1S/C17H35N5O2.HI/c1-7-18-15(20-14(2)3)19-8-9-21-10-12-22(13-11-21)16(23)24-17(4,5)6;/h14H,7-13H2,1-6H3,(H2,18,19,20);1H. The van der Waals surface area contributed by atoms with Crippen LogP contribution in [0.3, 0.4) is 0 Å². The Kier molecular flexibility index (Phi) is 11.4. The van der Waals surface area contributed by atoms with Crippen LogP contribution < -0.4 is 10.6 Å². The largest absolute Gasteiger partial charge is 0.444 e. The first-order chi connectivity index (χ1) is 11.2. The van der Waals surface area contributed by atoms with Gasteiger partial charge >= 0.3 is 6.09 Å². The van der Waals surface area contributed by atoms with E-state index in [0.29, 0.717) is 19.1 Å². The van der Waals surface area contributed by atoms with E-state index in [9.17, 15) is 4.79 Å². The number of nitrogens with one attached hydrogen (secondary N) is 2. The highest BCUT2D eigenvalue weighted by Crippen LogP contribution is 2.11. The molecule has 1 amide bonds. The molecule has 0 aliphatic carbocycles. The fourth-order valence-corrected chi connectivity index (χ4v) is 2.38. The Morgan fingerprint density at radius 3 is 2.28 bits per heavy atom. The van der Waals surface area contributed by atoms with Gasteiger partial charge in [-0.05, 0) is 41.5 Å². The molecule has 0 aromatic rings. The molecule has 1 aliphatic heterocycles. The quantitative estimate of drug-likeness (QED) is 0.367. The van der Waals surface area contributed by atoms with Gasteiger partial charge in [0, 0.05) is 45.3 Å². The van der Waals surface area contributed by atoms with E-state index in [1.807, 2.05) is 20.8 Å². The molecule has 0 atom stereocenters. The van der Waals surface area contributed by atoms with Crippen LogP contribution in [0.2, 0.25) is 0 Å². The van der Waals surface area contributed by atoms with Crippen molar-refractivity contribution in [2.75, 3.05) is 45.8 Å². The number of guanidine groups is 1. The molecule has 0 spiro atoms. The molecule has 0 saturated carbocycles. The van der Waals surface area contributed by atoms with Crippen molar-refractivity contribution in [2.45, 2.75) is 53.2 Å². The lowest BCUT2D eigenvalue weighted by Gasteiger charge is -2.35. The van der Waals surface area contributed by atoms with Gasteiger partial charge in [-0.2, -0.15) is 0 Å². The fourth-order valence-electron chi connectivity index (χ4n) is 2.38. The smallest absolute Gasteiger partial charge is 0.410 e. The van der Waals surface area contributed by atoms with Gasteiger partial charge in [-0.15, -0.1) is 24.0 Å². The molecule has 1 heterocycles. The normalized spacial score (nSPS) is 16.4. The molecule has 148 valence electrons. The molecule has 0 bridgehead atoms. The third-order valence-electron chi connectivity index (χ3n) is 3.48. The summed E-state index contributed by atoms with van der Waals surface area (Å²) in [5, 5.41) is 6.56. The summed E-state index contributed by atoms with van der Waals surface area (Å²) in [6.45, 7) is 17.6. The third-order valence-corrected chi connectivity index (χ3v) is 3.48. The van der Waals surface area contributed by atoms with Crippen molar-refractivity contribution in [3.05, 3.63) is 0 Å². The summed E-state index contributed by atoms with van der Waals surface area (Å²) in [7, 11) is 0. The molecule has 0 unspecified atom stereocenters. The highest BCUT2D eigenvalue weighted by molar-refractivity contribution is 14.0. The van der Waals surface area contributed by atoms with Crippen LogP contribution in [0.1, 0.15) is 41.5 Å². The summed E-state index contributed by atoms with van der Waals surface area (Å²) in [5.41, 5.74) is -0.435. The highest BCUT2D eigenvalue weighted by atomic mass is 127. The molecule has 1 rings (SSSR count). The van der Waals surface area contributed by atoms with Crippen LogP contribution in [-0.2, 0) is 4.74 Å². The number of nitrogens with zero attached hydrogens (tertiary/aromatic N) is 3. The van der Waals surface area contributed by atoms with Crippen molar-refractivity contribution >= 4 is 36.0 Å². The Morgan fingerprint density at radius 1 is 1.20 bits per heavy atom. The highest BCUT2D eigenvalue weighted by Gasteiger charge is 2.25. The van der Waals surface area contributed by atoms with Crippen molar-refractivity contribution in [1.82, 2.24) is 20.4 Å². The first-order valence-electron chi connectivity index (χ1n) is 8.96. The van der Waals surface area contributed by atoms with Crippen molar-refractivity contribution in [1.29, 1.82) is 0 Å². The zero-order valence-corrected chi connectivity index (χ0v) is 18.9. The molecule has 1 fully saturated rings. The number of amides is 1. The van der Waals surface area contributed by atoms with E-state index in [1.165, 1.54) is 0 Å². The number of rotatable bonds is 5. The second-order valence-corrected chi connectivity index (χ2v) is 7.37. The molecule has 1 aliphatic rings. The van der Waals surface area contributed by atoms with Gasteiger partial charge in [0.2, 0.25) is 0 Å². The number of carbonyl (C=O) groups excluding carboxylic acids is 1. The maximum atomic E-state index is 12.0. The van der Waals surface area contributed by atoms with Crippen molar-refractivity contribution in [2.24, 2.45) is 4.99 Å². The van der Waals surface area contributed by atoms with Crippen LogP contribution in [-0.4, -0.2) is 79.3 Å². The number of hydrogen-bond acceptors (Lipinski definition) is 4. The van der Waals surface area contributed by atoms with Gasteiger partial charge in [0.1, 0.15) is 5.60 Å². The van der Waals surface area contributed by atoms with Crippen molar-refractivity contribution in [3.63, 3.8) is 0 Å². The van der Waals surface area contributed by atoms with Gasteiger partial charge in [0.15, 0.2) is 5.96 Å². The minimum absolute atomic E-state index is 0. The molecule has 8 heteroatoms. The van der Waals surface area contributed by atoms with Crippen LogP contribution in [0.4, 0.5) is 4.79 Å². The Labute approximate surface area is 170 Å². The number of carbonyl (C=O) groups is 1. The Balaban J connectivity index is 0.00000576. The lowest BCUT2D eigenvalue weighted by molar-refractivity contribution is 0.0148. The summed E-state index contributed by atoms with van der Waals surface area (Å²) in [6, 6.07) is 0.361. The third kappa shape index (κ3) is 10.7. The van der Waals surface area contributed by atoms with E-state index in [-0.39, 0.29) is 30.1 Å². The molecule has 25 heavy (non-hydrogen) atoms. The van der Waals surface area contributed by atoms with Crippen LogP contribution >= 0.6 is 24.0 Å². The monoisotopic (exact) mass is 469 g/mol. The Hall–Kier alpha value is -0.770. The zero-order chi connectivity index (χ0) is 18.2. The van der Waals surface area contributed by atoms with Crippen LogP contribution in [0, 0.1) is 0 Å². The number of aliphatic imine (C=N–C) groups is 1. The van der Waals surface area contributed by atoms with Gasteiger partial charge in [0.25, 0.3) is 0 Å². The molecule has 7 nitrogen and oxygen atoms in total. The molecular formula is C17H36IN5O2. The van der Waals surface area contributed by atoms with E-state index >= 15 is 0 Å². The SMILES string of the molecule is CCNC(=NCCN1CCN(C(=O)OC(C)(C)C)CC1)NC(C)C.I. The lowest BCUT2D eigenvalue weighted by atomic mass is 10.2. The van der Waals surface area contributed by atoms with Crippen LogP contribution in [0.25, 0.3) is 0 Å². The molecular weight excluding hydrogens is 433 g/mol. The minimum Gasteiger partial charge on any atom is -0.444 e. The van der Waals surface area contributed by atoms with Crippen molar-refractivity contribution in [3.8, 4) is 0 Å². The zero-order valence-electron chi connectivity index (χ0n) is 16.6. The number of halogens is 1. The predicted octanol–water partition coefficient (Wildman–Crippen LogP) is 2.12. The van der Waals surface area contributed by atoms with E-state index in [0.717, 1.165) is 38.7 Å². The molecule has 0 radical (unpaired) electrons. The summed E-state index contributed by atoms with van der Waals surface area (Å²) < 4.78 is 5.42. The second kappa shape index (κ2) is 11.8. The summed E-state index contributed by atoms with van der Waals surface area (Å²) in [6.07, 6.45) is -0.212. The predicted molar refractivity (Wildman–Crippen MR) is 114 cm³/mol. The first-order valence-corrected chi connectivity index (χ1v) is 8.96. The van der Waals surface area contributed by atoms with Gasteiger partial charge in [-0.1, -0.05) is 0 Å². The molecule has 0 aromatic carbocycles. The van der Waals surface area contributed by atoms with E-state index < -0.39 is 5.60 Å². The van der Waals surface area contributed by atoms with Crippen molar-refractivity contribution < 1.29 is 9.53 Å². The Morgan fingerprint density at radius 2 is 1.80 bits per heavy atom. The first kappa shape index (κ1) is 24.2. The molecule has 2 N–H and O–H groups in total. The average Bonchev–Trinajstić information content (AvgIpc) is 2.45. The summed E-state index contributed by atoms with van der Waals surface area (Å²) in [4.78, 5) is 20.8. The summed E-state index contributed by atoms with van der Waals surface area (Å²) in [5.74, 6) is 0.861. The second-order valence-electron chi connectivity index (χ2n) is 7.37. The van der Waals surface area contributed by atoms with E-state index in [4.69, 9.17) is 4.74 Å². The maximum absolute atomic E-state index is 12.0. The summed E-state index contributed by atoms with van der Waals surface area (Å²) >= 11 is 0. The fraction of sp³-hybridized carbons (Fsp3) is 0.882. The molecule has 1 saturated heterocycles. The maximum Gasteiger partial charge on any atom is 0.410 e.